The molecule has 9 nitrogen and oxygen atoms in total. The molecule has 0 aliphatic carbocycles. The second-order valence-corrected chi connectivity index (χ2v) is 10.1. The fraction of sp³-hybridized carbons (Fsp3) is 0.379. The maximum Gasteiger partial charge on any atom is 0.414 e. The molecule has 9 heteroatoms. The van der Waals surface area contributed by atoms with Gasteiger partial charge in [0.05, 0.1) is 25.4 Å². The summed E-state index contributed by atoms with van der Waals surface area (Å²) in [4.78, 5) is 38.8. The number of pyridine rings is 2. The van der Waals surface area contributed by atoms with Gasteiger partial charge in [-0.3, -0.25) is 14.7 Å². The van der Waals surface area contributed by atoms with Gasteiger partial charge in [0.2, 0.25) is 0 Å². The first-order chi connectivity index (χ1) is 18.2. The highest BCUT2D eigenvalue weighted by atomic mass is 16.6. The summed E-state index contributed by atoms with van der Waals surface area (Å²) in [6.45, 7) is 10.6. The molecule has 0 spiro atoms. The molecule has 4 rings (SSSR count). The van der Waals surface area contributed by atoms with E-state index in [4.69, 9.17) is 9.47 Å². The number of amides is 2. The molecule has 1 aliphatic heterocycles. The molecule has 38 heavy (non-hydrogen) atoms. The van der Waals surface area contributed by atoms with Gasteiger partial charge in [-0.15, -0.1) is 0 Å². The monoisotopic (exact) mass is 517 g/mol. The number of nitrogens with zero attached hydrogens (tertiary/aromatic N) is 4. The van der Waals surface area contributed by atoms with Gasteiger partial charge in [-0.1, -0.05) is 6.07 Å². The van der Waals surface area contributed by atoms with E-state index in [0.717, 1.165) is 11.4 Å². The average Bonchev–Trinajstić information content (AvgIpc) is 2.90. The number of rotatable bonds is 7. The van der Waals surface area contributed by atoms with Crippen LogP contribution in [-0.4, -0.2) is 60.4 Å². The van der Waals surface area contributed by atoms with Crippen LogP contribution in [0.25, 0.3) is 0 Å². The van der Waals surface area contributed by atoms with Gasteiger partial charge in [0.15, 0.2) is 0 Å². The molecule has 1 saturated heterocycles. The molecular weight excluding hydrogens is 482 g/mol. The molecule has 3 aromatic rings. The van der Waals surface area contributed by atoms with Crippen LogP contribution < -0.4 is 15.1 Å². The quantitative estimate of drug-likeness (QED) is 0.478. The first-order valence-electron chi connectivity index (χ1n) is 12.8. The largest absolute Gasteiger partial charge is 0.449 e. The predicted molar refractivity (Wildman–Crippen MR) is 148 cm³/mol. The number of carbonyl (C=O) groups is 2. The number of ether oxygens (including phenoxy) is 2. The van der Waals surface area contributed by atoms with Crippen molar-refractivity contribution in [2.24, 2.45) is 0 Å². The Hall–Kier alpha value is -3.98. The molecule has 1 aliphatic rings. The summed E-state index contributed by atoms with van der Waals surface area (Å²) in [6, 6.07) is 16.5. The number of hydrogen-bond acceptors (Lipinski definition) is 7. The minimum absolute atomic E-state index is 0.229. The average molecular weight is 518 g/mol. The van der Waals surface area contributed by atoms with E-state index in [0.29, 0.717) is 55.5 Å². The van der Waals surface area contributed by atoms with Crippen molar-refractivity contribution >= 4 is 29.2 Å². The molecule has 1 fully saturated rings. The molecule has 1 N–H and O–H groups in total. The zero-order valence-corrected chi connectivity index (χ0v) is 22.4. The van der Waals surface area contributed by atoms with Crippen molar-refractivity contribution in [2.45, 2.75) is 39.7 Å². The smallest absolute Gasteiger partial charge is 0.414 e. The fourth-order valence-electron chi connectivity index (χ4n) is 4.25. The second-order valence-electron chi connectivity index (χ2n) is 10.1. The topological polar surface area (TPSA) is 96.9 Å². The predicted octanol–water partition coefficient (Wildman–Crippen LogP) is 4.86. The number of aromatic nitrogens is 2. The number of aryl methyl sites for hydroxylation is 1. The zero-order chi connectivity index (χ0) is 27.1. The van der Waals surface area contributed by atoms with Gasteiger partial charge in [-0.2, -0.15) is 0 Å². The lowest BCUT2D eigenvalue weighted by atomic mass is 10.1. The minimum atomic E-state index is -0.520. The molecule has 3 heterocycles. The summed E-state index contributed by atoms with van der Waals surface area (Å²) in [6.07, 6.45) is 1.82. The Kier molecular flexibility index (Phi) is 8.58. The van der Waals surface area contributed by atoms with Gasteiger partial charge in [0.1, 0.15) is 5.82 Å². The highest BCUT2D eigenvalue weighted by Crippen LogP contribution is 2.27. The lowest BCUT2D eigenvalue weighted by Crippen LogP contribution is -2.46. The molecule has 2 amide bonds. The van der Waals surface area contributed by atoms with Gasteiger partial charge in [0, 0.05) is 54.0 Å². The van der Waals surface area contributed by atoms with Gasteiger partial charge >= 0.3 is 6.09 Å². The van der Waals surface area contributed by atoms with Crippen LogP contribution in [0.5, 0.6) is 0 Å². The van der Waals surface area contributed by atoms with E-state index >= 15 is 0 Å². The molecular formula is C29H35N5O4. The fourth-order valence-corrected chi connectivity index (χ4v) is 4.25. The molecule has 200 valence electrons. The summed E-state index contributed by atoms with van der Waals surface area (Å²) >= 11 is 0. The van der Waals surface area contributed by atoms with E-state index in [2.05, 4.69) is 20.2 Å². The number of carbonyl (C=O) groups excluding carboxylic acids is 2. The van der Waals surface area contributed by atoms with E-state index in [-0.39, 0.29) is 12.5 Å². The van der Waals surface area contributed by atoms with Crippen LogP contribution >= 0.6 is 0 Å². The normalized spacial score (nSPS) is 13.6. The third-order valence-electron chi connectivity index (χ3n) is 6.12. The van der Waals surface area contributed by atoms with Crippen LogP contribution in [0, 0.1) is 6.92 Å². The van der Waals surface area contributed by atoms with Crippen LogP contribution in [0.3, 0.4) is 0 Å². The Labute approximate surface area is 223 Å². The summed E-state index contributed by atoms with van der Waals surface area (Å²) < 4.78 is 11.0. The van der Waals surface area contributed by atoms with Crippen molar-refractivity contribution < 1.29 is 19.1 Å². The maximum atomic E-state index is 13.2. The molecule has 0 saturated carbocycles. The molecule has 2 aromatic heterocycles. The summed E-state index contributed by atoms with van der Waals surface area (Å²) in [5.74, 6) is 0.420. The van der Waals surface area contributed by atoms with Crippen molar-refractivity contribution in [3.8, 4) is 0 Å². The van der Waals surface area contributed by atoms with E-state index < -0.39 is 11.6 Å². The van der Waals surface area contributed by atoms with Crippen molar-refractivity contribution in [1.82, 2.24) is 9.97 Å². The van der Waals surface area contributed by atoms with E-state index in [1.54, 1.807) is 41.4 Å². The number of morpholine rings is 1. The molecule has 0 atom stereocenters. The highest BCUT2D eigenvalue weighted by Gasteiger charge is 2.29. The number of benzene rings is 1. The first-order valence-corrected chi connectivity index (χ1v) is 12.8. The van der Waals surface area contributed by atoms with Crippen molar-refractivity contribution in [1.29, 1.82) is 0 Å². The Morgan fingerprint density at radius 3 is 2.45 bits per heavy atom. The Balaban J connectivity index is 1.44. The van der Waals surface area contributed by atoms with Gasteiger partial charge in [0.25, 0.3) is 5.91 Å². The lowest BCUT2D eigenvalue weighted by Gasteiger charge is -2.34. The van der Waals surface area contributed by atoms with Gasteiger partial charge in [-0.25, -0.2) is 9.78 Å². The summed E-state index contributed by atoms with van der Waals surface area (Å²) in [7, 11) is 0. The Morgan fingerprint density at radius 2 is 1.79 bits per heavy atom. The highest BCUT2D eigenvalue weighted by molar-refractivity contribution is 6.07. The molecule has 0 unspecified atom stereocenters. The van der Waals surface area contributed by atoms with Gasteiger partial charge < -0.3 is 19.7 Å². The maximum absolute atomic E-state index is 13.2. The van der Waals surface area contributed by atoms with E-state index in [1.807, 2.05) is 52.0 Å². The number of anilines is 3. The number of hydrogen-bond donors (Lipinski definition) is 1. The number of nitrogens with one attached hydrogen (secondary N) is 1. The van der Waals surface area contributed by atoms with Crippen LogP contribution in [0.2, 0.25) is 0 Å². The first kappa shape index (κ1) is 27.1. The molecule has 0 radical (unpaired) electrons. The molecule has 0 bridgehead atoms. The Morgan fingerprint density at radius 1 is 1.05 bits per heavy atom. The lowest BCUT2D eigenvalue weighted by molar-refractivity contribution is 0.102. The van der Waals surface area contributed by atoms with Gasteiger partial charge in [-0.05, 0) is 76.2 Å². The van der Waals surface area contributed by atoms with Crippen LogP contribution in [0.1, 0.15) is 42.5 Å². The summed E-state index contributed by atoms with van der Waals surface area (Å²) in [5, 5.41) is 2.97. The van der Waals surface area contributed by atoms with Crippen LogP contribution in [0.4, 0.5) is 22.0 Å². The van der Waals surface area contributed by atoms with Crippen LogP contribution in [-0.2, 0) is 15.9 Å². The second kappa shape index (κ2) is 12.0. The van der Waals surface area contributed by atoms with Crippen LogP contribution in [0.15, 0.2) is 60.8 Å². The van der Waals surface area contributed by atoms with Crippen molar-refractivity contribution in [3.05, 3.63) is 77.7 Å². The van der Waals surface area contributed by atoms with E-state index in [1.165, 1.54) is 0 Å². The van der Waals surface area contributed by atoms with E-state index in [9.17, 15) is 9.59 Å². The molecule has 1 aromatic carbocycles. The third-order valence-corrected chi connectivity index (χ3v) is 6.12. The minimum Gasteiger partial charge on any atom is -0.449 e. The van der Waals surface area contributed by atoms with Crippen molar-refractivity contribution in [2.75, 3.05) is 48.0 Å². The zero-order valence-electron chi connectivity index (χ0n) is 22.4. The SMILES string of the molecule is Cc1ccc(C(=O)Nc2ccc(N(C(=O)OCCc3ccccn3)C(C)(C)C)cc2)c(N2CCOCC2)n1. The van der Waals surface area contributed by atoms with Crippen molar-refractivity contribution in [3.63, 3.8) is 0 Å². The summed E-state index contributed by atoms with van der Waals surface area (Å²) in [5.41, 5.74) is 2.99. The third kappa shape index (κ3) is 6.86. The standard InChI is InChI=1S/C29H35N5O4/c1-21-8-13-25(26(31-21)33-16-19-37-20-17-33)27(35)32-23-9-11-24(12-10-23)34(29(2,3)4)28(36)38-18-14-22-7-5-6-15-30-22/h5-13,15H,14,16-20H2,1-4H3,(H,32,35). The Bertz CT molecular complexity index is 1240.